The molecule has 1 aromatic carbocycles. The number of hydrogen-bond acceptors (Lipinski definition) is 4. The Morgan fingerprint density at radius 3 is 2.44 bits per heavy atom. The van der Waals surface area contributed by atoms with E-state index in [4.69, 9.17) is 16.3 Å². The Morgan fingerprint density at radius 2 is 1.85 bits per heavy atom. The number of pyridine rings is 1. The van der Waals surface area contributed by atoms with Crippen LogP contribution in [0.25, 0.3) is 0 Å². The van der Waals surface area contributed by atoms with Crippen LogP contribution in [0.2, 0.25) is 5.02 Å². The first-order chi connectivity index (χ1) is 12.8. The molecule has 1 aliphatic rings. The number of alkyl halides is 3. The van der Waals surface area contributed by atoms with Gasteiger partial charge in [0.2, 0.25) is 0 Å². The van der Waals surface area contributed by atoms with Gasteiger partial charge in [0.25, 0.3) is 5.91 Å². The molecule has 9 heteroatoms. The van der Waals surface area contributed by atoms with Crippen LogP contribution in [0.4, 0.5) is 19.0 Å². The maximum absolute atomic E-state index is 12.7. The molecule has 0 aliphatic carbocycles. The minimum Gasteiger partial charge on any atom is -0.496 e. The van der Waals surface area contributed by atoms with Crippen LogP contribution in [0.15, 0.2) is 36.5 Å². The number of rotatable bonds is 3. The molecule has 144 valence electrons. The Balaban J connectivity index is 1.69. The van der Waals surface area contributed by atoms with Crippen molar-refractivity contribution in [2.24, 2.45) is 0 Å². The van der Waals surface area contributed by atoms with Crippen molar-refractivity contribution >= 4 is 23.3 Å². The highest BCUT2D eigenvalue weighted by Crippen LogP contribution is 2.33. The van der Waals surface area contributed by atoms with E-state index in [2.05, 4.69) is 4.98 Å². The van der Waals surface area contributed by atoms with Crippen LogP contribution in [0.5, 0.6) is 5.75 Å². The van der Waals surface area contributed by atoms with Gasteiger partial charge in [-0.15, -0.1) is 0 Å². The number of piperazine rings is 1. The van der Waals surface area contributed by atoms with Crippen molar-refractivity contribution in [3.05, 3.63) is 52.7 Å². The predicted molar refractivity (Wildman–Crippen MR) is 95.4 cm³/mol. The molecule has 3 rings (SSSR count). The van der Waals surface area contributed by atoms with Crippen molar-refractivity contribution in [3.8, 4) is 5.75 Å². The van der Waals surface area contributed by atoms with E-state index in [1.165, 1.54) is 7.11 Å². The standard InChI is InChI=1S/C18H17ClF3N3O2/c1-27-15-5-3-2-4-13(15)17(26)25-8-6-24(7-9-25)16-14(19)10-12(11-23-16)18(20,21)22/h2-5,10-11H,6-9H2,1H3. The topological polar surface area (TPSA) is 45.7 Å². The van der Waals surface area contributed by atoms with Gasteiger partial charge >= 0.3 is 6.18 Å². The summed E-state index contributed by atoms with van der Waals surface area (Å²) in [6.45, 7) is 1.63. The summed E-state index contributed by atoms with van der Waals surface area (Å²) < 4.78 is 43.4. The fraction of sp³-hybridized carbons (Fsp3) is 0.333. The number of anilines is 1. The summed E-state index contributed by atoms with van der Waals surface area (Å²) in [5, 5.41) is -0.0608. The lowest BCUT2D eigenvalue weighted by molar-refractivity contribution is -0.137. The number of hydrogen-bond donors (Lipinski definition) is 0. The Hall–Kier alpha value is -2.48. The second-order valence-electron chi connectivity index (χ2n) is 6.01. The number of halogens is 4. The molecular formula is C18H17ClF3N3O2. The van der Waals surface area contributed by atoms with Gasteiger partial charge in [-0.2, -0.15) is 13.2 Å². The van der Waals surface area contributed by atoms with Gasteiger partial charge in [0.15, 0.2) is 0 Å². The smallest absolute Gasteiger partial charge is 0.417 e. The summed E-state index contributed by atoms with van der Waals surface area (Å²) in [6.07, 6.45) is -3.72. The number of benzene rings is 1. The highest BCUT2D eigenvalue weighted by Gasteiger charge is 2.32. The number of amides is 1. The summed E-state index contributed by atoms with van der Waals surface area (Å²) in [5.41, 5.74) is -0.416. The molecule has 27 heavy (non-hydrogen) atoms. The summed E-state index contributed by atoms with van der Waals surface area (Å²) in [7, 11) is 1.50. The molecule has 0 saturated carbocycles. The minimum atomic E-state index is -4.49. The third-order valence-corrected chi connectivity index (χ3v) is 4.63. The average molecular weight is 400 g/mol. The largest absolute Gasteiger partial charge is 0.496 e. The van der Waals surface area contributed by atoms with E-state index >= 15 is 0 Å². The number of methoxy groups -OCH3 is 1. The number of para-hydroxylation sites is 1. The van der Waals surface area contributed by atoms with Crippen LogP contribution >= 0.6 is 11.6 Å². The number of nitrogens with zero attached hydrogens (tertiary/aromatic N) is 3. The molecule has 0 bridgehead atoms. The van der Waals surface area contributed by atoms with Gasteiger partial charge in [0, 0.05) is 32.4 Å². The molecule has 1 aromatic heterocycles. The highest BCUT2D eigenvalue weighted by molar-refractivity contribution is 6.33. The van der Waals surface area contributed by atoms with Crippen LogP contribution in [-0.2, 0) is 6.18 Å². The van der Waals surface area contributed by atoms with E-state index in [-0.39, 0.29) is 16.7 Å². The van der Waals surface area contributed by atoms with E-state index < -0.39 is 11.7 Å². The summed E-state index contributed by atoms with van der Waals surface area (Å²) in [4.78, 5) is 20.0. The first-order valence-electron chi connectivity index (χ1n) is 8.21. The van der Waals surface area contributed by atoms with Gasteiger partial charge in [-0.1, -0.05) is 23.7 Å². The number of carbonyl (C=O) groups is 1. The molecule has 5 nitrogen and oxygen atoms in total. The van der Waals surface area contributed by atoms with Crippen LogP contribution in [0, 0.1) is 0 Å². The van der Waals surface area contributed by atoms with Gasteiger partial charge in [0.1, 0.15) is 11.6 Å². The van der Waals surface area contributed by atoms with Crippen LogP contribution in [0.1, 0.15) is 15.9 Å². The Bertz CT molecular complexity index is 837. The lowest BCUT2D eigenvalue weighted by Gasteiger charge is -2.36. The molecule has 1 saturated heterocycles. The zero-order chi connectivity index (χ0) is 19.6. The van der Waals surface area contributed by atoms with E-state index in [1.54, 1.807) is 34.1 Å². The zero-order valence-corrected chi connectivity index (χ0v) is 15.2. The normalized spacial score (nSPS) is 15.0. The third-order valence-electron chi connectivity index (χ3n) is 4.35. The van der Waals surface area contributed by atoms with Crippen molar-refractivity contribution in [1.82, 2.24) is 9.88 Å². The fourth-order valence-corrected chi connectivity index (χ4v) is 3.22. The summed E-state index contributed by atoms with van der Waals surface area (Å²) >= 11 is 6.00. The van der Waals surface area contributed by atoms with E-state index in [1.807, 2.05) is 0 Å². The van der Waals surface area contributed by atoms with Crippen LogP contribution in [0.3, 0.4) is 0 Å². The van der Waals surface area contributed by atoms with Crippen molar-refractivity contribution in [3.63, 3.8) is 0 Å². The molecule has 0 spiro atoms. The Kier molecular flexibility index (Phi) is 5.46. The summed E-state index contributed by atoms with van der Waals surface area (Å²) in [6, 6.07) is 7.83. The first-order valence-corrected chi connectivity index (χ1v) is 8.59. The molecule has 0 radical (unpaired) electrons. The fourth-order valence-electron chi connectivity index (χ4n) is 2.93. The van der Waals surface area contributed by atoms with Crippen molar-refractivity contribution in [2.45, 2.75) is 6.18 Å². The van der Waals surface area contributed by atoms with Gasteiger partial charge in [-0.05, 0) is 18.2 Å². The number of ether oxygens (including phenoxy) is 1. The maximum Gasteiger partial charge on any atom is 0.417 e. The van der Waals surface area contributed by atoms with E-state index in [0.29, 0.717) is 37.5 Å². The van der Waals surface area contributed by atoms with E-state index in [0.717, 1.165) is 12.3 Å². The molecule has 0 atom stereocenters. The molecule has 2 heterocycles. The van der Waals surface area contributed by atoms with Gasteiger partial charge in [-0.25, -0.2) is 4.98 Å². The SMILES string of the molecule is COc1ccccc1C(=O)N1CCN(c2ncc(C(F)(F)F)cc2Cl)CC1. The van der Waals surface area contributed by atoms with E-state index in [9.17, 15) is 18.0 Å². The van der Waals surface area contributed by atoms with Crippen LogP contribution < -0.4 is 9.64 Å². The lowest BCUT2D eigenvalue weighted by atomic mass is 10.1. The van der Waals surface area contributed by atoms with Crippen molar-refractivity contribution < 1.29 is 22.7 Å². The summed E-state index contributed by atoms with van der Waals surface area (Å²) in [5.74, 6) is 0.630. The third kappa shape index (κ3) is 4.10. The predicted octanol–water partition coefficient (Wildman–Crippen LogP) is 3.72. The van der Waals surface area contributed by atoms with Gasteiger partial charge in [0.05, 0.1) is 23.3 Å². The Labute approximate surface area is 159 Å². The quantitative estimate of drug-likeness (QED) is 0.789. The molecule has 1 fully saturated rings. The number of aromatic nitrogens is 1. The van der Waals surface area contributed by atoms with Gasteiger partial charge in [-0.3, -0.25) is 4.79 Å². The Morgan fingerprint density at radius 1 is 1.19 bits per heavy atom. The molecule has 0 unspecified atom stereocenters. The zero-order valence-electron chi connectivity index (χ0n) is 14.5. The van der Waals surface area contributed by atoms with Gasteiger partial charge < -0.3 is 14.5 Å². The molecular weight excluding hydrogens is 383 g/mol. The maximum atomic E-state index is 12.7. The molecule has 2 aromatic rings. The minimum absolute atomic E-state index is 0.0608. The molecule has 0 N–H and O–H groups in total. The second-order valence-corrected chi connectivity index (χ2v) is 6.41. The molecule has 1 aliphatic heterocycles. The van der Waals surface area contributed by atoms with Crippen molar-refractivity contribution in [1.29, 1.82) is 0 Å². The highest BCUT2D eigenvalue weighted by atomic mass is 35.5. The lowest BCUT2D eigenvalue weighted by Crippen LogP contribution is -2.49. The average Bonchev–Trinajstić information content (AvgIpc) is 2.67. The van der Waals surface area contributed by atoms with Crippen LogP contribution in [-0.4, -0.2) is 49.1 Å². The number of carbonyl (C=O) groups excluding carboxylic acids is 1. The second kappa shape index (κ2) is 7.64. The molecule has 1 amide bonds. The van der Waals surface area contributed by atoms with Crippen molar-refractivity contribution in [2.75, 3.05) is 38.2 Å². The monoisotopic (exact) mass is 399 g/mol. The first kappa shape index (κ1) is 19.3.